The number of nitrogens with one attached hydrogen (secondary N) is 1. The zero-order valence-electron chi connectivity index (χ0n) is 13.1. The molecule has 1 N–H and O–H groups in total. The Morgan fingerprint density at radius 2 is 1.80 bits per heavy atom. The van der Waals surface area contributed by atoms with Gasteiger partial charge in [-0.2, -0.15) is 0 Å². The van der Waals surface area contributed by atoms with Crippen LogP contribution in [0.15, 0.2) is 24.3 Å². The number of benzene rings is 1. The molecule has 0 aliphatic heterocycles. The van der Waals surface area contributed by atoms with Crippen LogP contribution in [0.3, 0.4) is 0 Å². The molecule has 20 heavy (non-hydrogen) atoms. The second kappa shape index (κ2) is 6.46. The minimum Gasteiger partial charge on any atom is -0.307 e. The smallest absolute Gasteiger partial charge is 0.0406 e. The Morgan fingerprint density at radius 3 is 2.30 bits per heavy atom. The lowest BCUT2D eigenvalue weighted by Crippen LogP contribution is -2.46. The van der Waals surface area contributed by atoms with E-state index in [0.717, 1.165) is 18.0 Å². The molecule has 2 nitrogen and oxygen atoms in total. The molecule has 0 heterocycles. The maximum Gasteiger partial charge on any atom is 0.0406 e. The Labute approximate surface area is 128 Å². The van der Waals surface area contributed by atoms with Gasteiger partial charge in [-0.1, -0.05) is 23.7 Å². The zero-order valence-corrected chi connectivity index (χ0v) is 13.9. The van der Waals surface area contributed by atoms with Crippen LogP contribution in [0.4, 0.5) is 0 Å². The number of nitrogens with zero attached hydrogens (tertiary/aromatic N) is 1. The van der Waals surface area contributed by atoms with Crippen LogP contribution in [0, 0.1) is 0 Å². The first-order valence-corrected chi connectivity index (χ1v) is 8.00. The maximum atomic E-state index is 5.95. The summed E-state index contributed by atoms with van der Waals surface area (Å²) >= 11 is 5.95. The summed E-state index contributed by atoms with van der Waals surface area (Å²) in [5.41, 5.74) is 1.70. The van der Waals surface area contributed by atoms with Gasteiger partial charge < -0.3 is 10.2 Å². The largest absolute Gasteiger partial charge is 0.307 e. The Kier molecular flexibility index (Phi) is 5.11. The van der Waals surface area contributed by atoms with E-state index in [1.807, 2.05) is 12.1 Å². The van der Waals surface area contributed by atoms with Crippen LogP contribution >= 0.6 is 11.6 Å². The summed E-state index contributed by atoms with van der Waals surface area (Å²) in [6.07, 6.45) is 3.68. The standard InChI is InChI=1S/C17H27ClN2/c1-13(2)20(4)12-14(3)19-17(9-10-17)11-15-5-7-16(18)8-6-15/h5-8,13-14,19H,9-12H2,1-4H3. The van der Waals surface area contributed by atoms with Crippen LogP contribution in [0.25, 0.3) is 0 Å². The lowest BCUT2D eigenvalue weighted by Gasteiger charge is -2.29. The van der Waals surface area contributed by atoms with Crippen molar-refractivity contribution in [2.75, 3.05) is 13.6 Å². The predicted octanol–water partition coefficient (Wildman–Crippen LogP) is 3.73. The first kappa shape index (κ1) is 15.8. The van der Waals surface area contributed by atoms with Crippen LogP contribution in [-0.4, -0.2) is 36.1 Å². The van der Waals surface area contributed by atoms with E-state index in [4.69, 9.17) is 11.6 Å². The van der Waals surface area contributed by atoms with E-state index in [-0.39, 0.29) is 0 Å². The van der Waals surface area contributed by atoms with Gasteiger partial charge in [0.25, 0.3) is 0 Å². The average molecular weight is 295 g/mol. The van der Waals surface area contributed by atoms with E-state index in [0.29, 0.717) is 17.6 Å². The predicted molar refractivity (Wildman–Crippen MR) is 87.5 cm³/mol. The molecule has 1 aliphatic rings. The molecule has 0 amide bonds. The van der Waals surface area contributed by atoms with E-state index in [1.165, 1.54) is 18.4 Å². The number of hydrogen-bond donors (Lipinski definition) is 1. The lowest BCUT2D eigenvalue weighted by atomic mass is 10.0. The molecule has 1 fully saturated rings. The number of hydrogen-bond acceptors (Lipinski definition) is 2. The van der Waals surface area contributed by atoms with Crippen molar-refractivity contribution >= 4 is 11.6 Å². The summed E-state index contributed by atoms with van der Waals surface area (Å²) in [5, 5.41) is 4.66. The Morgan fingerprint density at radius 1 is 1.20 bits per heavy atom. The van der Waals surface area contributed by atoms with Gasteiger partial charge in [0.15, 0.2) is 0 Å². The van der Waals surface area contributed by atoms with Gasteiger partial charge in [-0.05, 0) is 64.8 Å². The van der Waals surface area contributed by atoms with Gasteiger partial charge in [-0.15, -0.1) is 0 Å². The Hall–Kier alpha value is -0.570. The highest BCUT2D eigenvalue weighted by atomic mass is 35.5. The molecule has 0 saturated heterocycles. The summed E-state index contributed by atoms with van der Waals surface area (Å²) in [4.78, 5) is 2.40. The van der Waals surface area contributed by atoms with Crippen molar-refractivity contribution < 1.29 is 0 Å². The third-order valence-electron chi connectivity index (χ3n) is 4.31. The van der Waals surface area contributed by atoms with Crippen LogP contribution in [-0.2, 0) is 6.42 Å². The van der Waals surface area contributed by atoms with E-state index in [1.54, 1.807) is 0 Å². The molecule has 1 atom stereocenters. The molecule has 0 radical (unpaired) electrons. The third-order valence-corrected chi connectivity index (χ3v) is 4.56. The van der Waals surface area contributed by atoms with Crippen LogP contribution in [0.2, 0.25) is 5.02 Å². The molecular weight excluding hydrogens is 268 g/mol. The van der Waals surface area contributed by atoms with Gasteiger partial charge in [-0.3, -0.25) is 0 Å². The number of likely N-dealkylation sites (N-methyl/N-ethyl adjacent to an activating group) is 1. The van der Waals surface area contributed by atoms with Crippen LogP contribution in [0.5, 0.6) is 0 Å². The molecule has 0 bridgehead atoms. The third kappa shape index (κ3) is 4.47. The topological polar surface area (TPSA) is 15.3 Å². The van der Waals surface area contributed by atoms with Crippen molar-refractivity contribution in [2.45, 2.75) is 57.7 Å². The van der Waals surface area contributed by atoms with Gasteiger partial charge in [0.1, 0.15) is 0 Å². The molecule has 1 aromatic rings. The summed E-state index contributed by atoms with van der Waals surface area (Å²) < 4.78 is 0. The van der Waals surface area contributed by atoms with Gasteiger partial charge in [0.2, 0.25) is 0 Å². The maximum absolute atomic E-state index is 5.95. The zero-order chi connectivity index (χ0) is 14.8. The highest BCUT2D eigenvalue weighted by molar-refractivity contribution is 6.30. The van der Waals surface area contributed by atoms with Crippen LogP contribution < -0.4 is 5.32 Å². The Balaban J connectivity index is 1.87. The van der Waals surface area contributed by atoms with Crippen molar-refractivity contribution in [1.29, 1.82) is 0 Å². The first-order valence-electron chi connectivity index (χ1n) is 7.63. The fraction of sp³-hybridized carbons (Fsp3) is 0.647. The van der Waals surface area contributed by atoms with Crippen molar-refractivity contribution in [3.8, 4) is 0 Å². The van der Waals surface area contributed by atoms with E-state index < -0.39 is 0 Å². The molecule has 2 rings (SSSR count). The van der Waals surface area contributed by atoms with Crippen molar-refractivity contribution in [3.63, 3.8) is 0 Å². The van der Waals surface area contributed by atoms with Gasteiger partial charge in [-0.25, -0.2) is 0 Å². The second-order valence-corrected chi connectivity index (χ2v) is 7.10. The molecule has 0 aromatic heterocycles. The fourth-order valence-electron chi connectivity index (χ4n) is 2.73. The van der Waals surface area contributed by atoms with Crippen molar-refractivity contribution in [1.82, 2.24) is 10.2 Å². The molecule has 3 heteroatoms. The molecule has 0 spiro atoms. The van der Waals surface area contributed by atoms with E-state index >= 15 is 0 Å². The second-order valence-electron chi connectivity index (χ2n) is 6.66. The van der Waals surface area contributed by atoms with Gasteiger partial charge >= 0.3 is 0 Å². The highest BCUT2D eigenvalue weighted by Gasteiger charge is 2.43. The molecule has 1 aliphatic carbocycles. The molecule has 1 saturated carbocycles. The minimum absolute atomic E-state index is 0.324. The summed E-state index contributed by atoms with van der Waals surface area (Å²) in [7, 11) is 2.20. The molecule has 112 valence electrons. The van der Waals surface area contributed by atoms with Gasteiger partial charge in [0, 0.05) is 29.2 Å². The summed E-state index contributed by atoms with van der Waals surface area (Å²) in [6, 6.07) is 9.40. The van der Waals surface area contributed by atoms with Crippen LogP contribution in [0.1, 0.15) is 39.2 Å². The number of halogens is 1. The number of rotatable bonds is 7. The fourth-order valence-corrected chi connectivity index (χ4v) is 2.85. The normalized spacial score (nSPS) is 18.6. The van der Waals surface area contributed by atoms with Crippen molar-refractivity contribution in [2.24, 2.45) is 0 Å². The Bertz CT molecular complexity index is 423. The first-order chi connectivity index (χ1) is 9.40. The monoisotopic (exact) mass is 294 g/mol. The molecule has 1 unspecified atom stereocenters. The van der Waals surface area contributed by atoms with Crippen molar-refractivity contribution in [3.05, 3.63) is 34.9 Å². The van der Waals surface area contributed by atoms with E-state index in [2.05, 4.69) is 50.2 Å². The summed E-state index contributed by atoms with van der Waals surface area (Å²) in [5.74, 6) is 0. The van der Waals surface area contributed by atoms with Gasteiger partial charge in [0.05, 0.1) is 0 Å². The average Bonchev–Trinajstić information content (AvgIpc) is 3.11. The highest BCUT2D eigenvalue weighted by Crippen LogP contribution is 2.39. The summed E-state index contributed by atoms with van der Waals surface area (Å²) in [6.45, 7) is 7.88. The molecular formula is C17H27ClN2. The SMILES string of the molecule is CC(CN(C)C(C)C)NC1(Cc2ccc(Cl)cc2)CC1. The lowest BCUT2D eigenvalue weighted by molar-refractivity contribution is 0.236. The quantitative estimate of drug-likeness (QED) is 0.824. The van der Waals surface area contributed by atoms with E-state index in [9.17, 15) is 0 Å². The molecule has 1 aromatic carbocycles. The minimum atomic E-state index is 0.324.